The quantitative estimate of drug-likeness (QED) is 0.182. The summed E-state index contributed by atoms with van der Waals surface area (Å²) >= 11 is 6.59. The fourth-order valence-electron chi connectivity index (χ4n) is 4.49. The van der Waals surface area contributed by atoms with Gasteiger partial charge in [-0.05, 0) is 25.5 Å². The molecule has 1 aromatic carbocycles. The topological polar surface area (TPSA) is 130 Å². The normalized spacial score (nSPS) is 13.4. The number of benzene rings is 1. The number of rotatable bonds is 15. The zero-order valence-corrected chi connectivity index (χ0v) is 26.9. The van der Waals surface area contributed by atoms with Crippen molar-refractivity contribution in [3.63, 3.8) is 0 Å². The second-order valence-electron chi connectivity index (χ2n) is 12.2. The number of nitrogens with zero attached hydrogens (tertiary/aromatic N) is 3. The number of carbonyl (C=O) groups is 1. The Bertz CT molecular complexity index is 1420. The summed E-state index contributed by atoms with van der Waals surface area (Å²) in [6.45, 7) is 13.9. The zero-order valence-electron chi connectivity index (χ0n) is 25.3. The first-order chi connectivity index (χ1) is 19.2. The SMILES string of the molecule is CCCCCCCCS(=O)(=O)Nc1ccccc1OCC(=O)NC(C)C(C)(C)c1nnc2c(Cl)c(C(C)(C)C)[nH]n12. The summed E-state index contributed by atoms with van der Waals surface area (Å²) in [5.74, 6) is 0.607. The molecule has 3 N–H and O–H groups in total. The summed E-state index contributed by atoms with van der Waals surface area (Å²) in [5.41, 5.74) is 0.866. The molecule has 0 spiro atoms. The molecule has 0 saturated carbocycles. The van der Waals surface area contributed by atoms with Crippen LogP contribution < -0.4 is 14.8 Å². The van der Waals surface area contributed by atoms with E-state index >= 15 is 0 Å². The molecule has 3 aromatic rings. The molecule has 228 valence electrons. The van der Waals surface area contributed by atoms with Gasteiger partial charge in [-0.15, -0.1) is 10.2 Å². The molecule has 1 unspecified atom stereocenters. The largest absolute Gasteiger partial charge is 0.482 e. The maximum Gasteiger partial charge on any atom is 0.258 e. The predicted octanol–water partition coefficient (Wildman–Crippen LogP) is 5.97. The fourth-order valence-corrected chi connectivity index (χ4v) is 6.13. The van der Waals surface area contributed by atoms with Gasteiger partial charge in [0.1, 0.15) is 10.8 Å². The molecule has 12 heteroatoms. The number of sulfonamides is 1. The van der Waals surface area contributed by atoms with Gasteiger partial charge in [0.15, 0.2) is 18.1 Å². The third-order valence-electron chi connectivity index (χ3n) is 7.37. The van der Waals surface area contributed by atoms with E-state index in [-0.39, 0.29) is 35.5 Å². The van der Waals surface area contributed by atoms with Crippen molar-refractivity contribution in [1.29, 1.82) is 0 Å². The van der Waals surface area contributed by atoms with Crippen LogP contribution in [0.25, 0.3) is 5.65 Å². The van der Waals surface area contributed by atoms with E-state index in [1.807, 2.05) is 20.8 Å². The Labute approximate surface area is 249 Å². The van der Waals surface area contributed by atoms with E-state index in [0.29, 0.717) is 28.6 Å². The lowest BCUT2D eigenvalue weighted by Crippen LogP contribution is -2.47. The number of carbonyl (C=O) groups excluding carboxylic acids is 1. The molecule has 1 atom stereocenters. The van der Waals surface area contributed by atoms with Gasteiger partial charge < -0.3 is 10.1 Å². The van der Waals surface area contributed by atoms with Crippen molar-refractivity contribution in [2.75, 3.05) is 17.1 Å². The lowest BCUT2D eigenvalue weighted by molar-refractivity contribution is -0.124. The number of para-hydroxylation sites is 2. The molecule has 0 radical (unpaired) electrons. The minimum atomic E-state index is -3.54. The van der Waals surface area contributed by atoms with Crippen molar-refractivity contribution < 1.29 is 17.9 Å². The second kappa shape index (κ2) is 13.5. The number of anilines is 1. The maximum atomic E-state index is 12.9. The number of hydrogen-bond acceptors (Lipinski definition) is 6. The van der Waals surface area contributed by atoms with E-state index in [4.69, 9.17) is 16.3 Å². The van der Waals surface area contributed by atoms with Crippen molar-refractivity contribution in [3.8, 4) is 5.75 Å². The lowest BCUT2D eigenvalue weighted by Gasteiger charge is -2.30. The second-order valence-corrected chi connectivity index (χ2v) is 14.4. The van der Waals surface area contributed by atoms with Crippen molar-refractivity contribution in [1.82, 2.24) is 25.1 Å². The number of hydrogen-bond donors (Lipinski definition) is 3. The molecule has 2 aromatic heterocycles. The van der Waals surface area contributed by atoms with Gasteiger partial charge in [0.05, 0.1) is 17.1 Å². The number of nitrogens with one attached hydrogen (secondary N) is 3. The van der Waals surface area contributed by atoms with Crippen LogP contribution in [0.1, 0.15) is 98.5 Å². The minimum absolute atomic E-state index is 0.0414. The maximum absolute atomic E-state index is 12.9. The Kier molecular flexibility index (Phi) is 10.7. The van der Waals surface area contributed by atoms with Gasteiger partial charge in [-0.3, -0.25) is 14.6 Å². The molecule has 3 rings (SSSR count). The Morgan fingerprint density at radius 2 is 1.73 bits per heavy atom. The Morgan fingerprint density at radius 3 is 2.41 bits per heavy atom. The van der Waals surface area contributed by atoms with Gasteiger partial charge >= 0.3 is 0 Å². The number of ether oxygens (including phenoxy) is 1. The van der Waals surface area contributed by atoms with Crippen LogP contribution in [0.2, 0.25) is 5.02 Å². The van der Waals surface area contributed by atoms with Gasteiger partial charge in [0, 0.05) is 16.9 Å². The number of halogens is 1. The fraction of sp³-hybridized carbons (Fsp3) is 0.621. The van der Waals surface area contributed by atoms with Crippen molar-refractivity contribution >= 4 is 38.9 Å². The summed E-state index contributed by atoms with van der Waals surface area (Å²) in [7, 11) is -3.54. The van der Waals surface area contributed by atoms with Crippen molar-refractivity contribution in [2.45, 2.75) is 104 Å². The highest BCUT2D eigenvalue weighted by Crippen LogP contribution is 2.34. The van der Waals surface area contributed by atoms with Gasteiger partial charge in [-0.25, -0.2) is 12.9 Å². The molecule has 0 aliphatic rings. The van der Waals surface area contributed by atoms with Crippen LogP contribution in [-0.2, 0) is 25.6 Å². The first-order valence-corrected chi connectivity index (χ1v) is 16.4. The van der Waals surface area contributed by atoms with E-state index in [2.05, 4.69) is 53.0 Å². The molecule has 0 saturated heterocycles. The summed E-state index contributed by atoms with van der Waals surface area (Å²) in [6, 6.07) is 6.36. The van der Waals surface area contributed by atoms with E-state index in [1.54, 1.807) is 28.8 Å². The van der Waals surface area contributed by atoms with Gasteiger partial charge in [0.25, 0.3) is 5.91 Å². The molecule has 10 nitrogen and oxygen atoms in total. The molecule has 1 amide bonds. The first kappa shape index (κ1) is 32.7. The Balaban J connectivity index is 1.61. The molecule has 0 aliphatic carbocycles. The van der Waals surface area contributed by atoms with E-state index < -0.39 is 15.4 Å². The molecule has 0 aliphatic heterocycles. The van der Waals surface area contributed by atoms with Crippen LogP contribution in [0.3, 0.4) is 0 Å². The van der Waals surface area contributed by atoms with Crippen molar-refractivity contribution in [3.05, 3.63) is 40.8 Å². The average molecular weight is 609 g/mol. The third kappa shape index (κ3) is 8.38. The Hall–Kier alpha value is -2.79. The summed E-state index contributed by atoms with van der Waals surface area (Å²) in [6.07, 6.45) is 5.96. The number of aromatic amines is 1. The number of fused-ring (bicyclic) bond motifs is 1. The van der Waals surface area contributed by atoms with Gasteiger partial charge in [-0.1, -0.05) is 97.4 Å². The van der Waals surface area contributed by atoms with E-state index in [1.165, 1.54) is 6.42 Å². The summed E-state index contributed by atoms with van der Waals surface area (Å²) in [4.78, 5) is 12.9. The standard InChI is InChI=1S/C29H45ClN6O4S/c1-8-9-10-11-12-15-18-41(38,39)35-21-16-13-14-17-22(21)40-19-23(37)31-20(2)29(6,7)27-33-32-26-24(30)25(28(3,4)5)34-36(26)27/h13-14,16-17,20,34-35H,8-12,15,18-19H2,1-7H3,(H,31,37). The van der Waals surface area contributed by atoms with Crippen LogP contribution in [0.15, 0.2) is 24.3 Å². The van der Waals surface area contributed by atoms with Crippen LogP contribution in [0, 0.1) is 0 Å². The average Bonchev–Trinajstić information content (AvgIpc) is 3.46. The number of amides is 1. The predicted molar refractivity (Wildman–Crippen MR) is 164 cm³/mol. The highest BCUT2D eigenvalue weighted by molar-refractivity contribution is 7.92. The molecule has 41 heavy (non-hydrogen) atoms. The lowest BCUT2D eigenvalue weighted by atomic mass is 9.84. The van der Waals surface area contributed by atoms with Crippen LogP contribution >= 0.6 is 11.6 Å². The molecular weight excluding hydrogens is 564 g/mol. The highest BCUT2D eigenvalue weighted by atomic mass is 35.5. The van der Waals surface area contributed by atoms with Crippen molar-refractivity contribution in [2.24, 2.45) is 0 Å². The Morgan fingerprint density at radius 1 is 1.07 bits per heavy atom. The molecule has 2 heterocycles. The first-order valence-electron chi connectivity index (χ1n) is 14.3. The van der Waals surface area contributed by atoms with E-state index in [9.17, 15) is 13.2 Å². The zero-order chi connectivity index (χ0) is 30.4. The van der Waals surface area contributed by atoms with Crippen LogP contribution in [0.4, 0.5) is 5.69 Å². The number of unbranched alkanes of at least 4 members (excludes halogenated alkanes) is 5. The summed E-state index contributed by atoms with van der Waals surface area (Å²) in [5, 5.41) is 15.5. The van der Waals surface area contributed by atoms with E-state index in [0.717, 1.165) is 31.4 Å². The van der Waals surface area contributed by atoms with Gasteiger partial charge in [-0.2, -0.15) is 0 Å². The molecule has 0 fully saturated rings. The minimum Gasteiger partial charge on any atom is -0.482 e. The monoisotopic (exact) mass is 608 g/mol. The number of aromatic nitrogens is 4. The van der Waals surface area contributed by atoms with Crippen LogP contribution in [0.5, 0.6) is 5.75 Å². The third-order valence-corrected chi connectivity index (χ3v) is 9.08. The molecule has 0 bridgehead atoms. The van der Waals surface area contributed by atoms with Crippen LogP contribution in [-0.4, -0.2) is 52.5 Å². The van der Waals surface area contributed by atoms with Gasteiger partial charge in [0.2, 0.25) is 10.0 Å². The summed E-state index contributed by atoms with van der Waals surface area (Å²) < 4.78 is 35.4. The molecular formula is C29H45ClN6O4S. The highest BCUT2D eigenvalue weighted by Gasteiger charge is 2.36. The smallest absolute Gasteiger partial charge is 0.258 e. The number of H-pyrrole nitrogens is 1.